The van der Waals surface area contributed by atoms with E-state index in [0.29, 0.717) is 12.5 Å². The van der Waals surface area contributed by atoms with Gasteiger partial charge in [-0.15, -0.1) is 0 Å². The second-order valence-corrected chi connectivity index (χ2v) is 10.1. The fraction of sp³-hybridized carbons (Fsp3) is 0.500. The van der Waals surface area contributed by atoms with Crippen molar-refractivity contribution >= 4 is 23.3 Å². The van der Waals surface area contributed by atoms with Crippen molar-refractivity contribution in [1.82, 2.24) is 9.88 Å². The summed E-state index contributed by atoms with van der Waals surface area (Å²) in [5.74, 6) is -0.334. The summed E-state index contributed by atoms with van der Waals surface area (Å²) in [6.45, 7) is 3.95. The lowest BCUT2D eigenvalue weighted by atomic mass is 9.38. The van der Waals surface area contributed by atoms with E-state index < -0.39 is 5.82 Å². The number of benzene rings is 1. The van der Waals surface area contributed by atoms with Crippen molar-refractivity contribution in [3.8, 4) is 5.75 Å². The van der Waals surface area contributed by atoms with Gasteiger partial charge in [-0.25, -0.2) is 4.39 Å². The molecule has 0 spiro atoms. The first kappa shape index (κ1) is 20.6. The van der Waals surface area contributed by atoms with E-state index in [2.05, 4.69) is 23.7 Å². The Balaban J connectivity index is 1.12. The molecule has 1 N–H and O–H groups in total. The number of Topliss-reactive ketones (excluding diaryl/α,β-unsaturated/α-hetero) is 1. The van der Waals surface area contributed by atoms with Crippen LogP contribution in [0.25, 0.3) is 0 Å². The topological polar surface area (TPSA) is 60.3 Å². The molecule has 5 nitrogen and oxygen atoms in total. The number of ketones is 1. The Morgan fingerprint density at radius 3 is 2.58 bits per heavy atom. The fourth-order valence-electron chi connectivity index (χ4n) is 5.76. The van der Waals surface area contributed by atoms with Crippen LogP contribution in [0.15, 0.2) is 24.3 Å². The number of carbonyl (C=O) groups is 2. The van der Waals surface area contributed by atoms with Gasteiger partial charge in [0.15, 0.2) is 12.4 Å². The van der Waals surface area contributed by atoms with Crippen molar-refractivity contribution < 1.29 is 18.7 Å². The largest absolute Gasteiger partial charge is 0.484 e. The van der Waals surface area contributed by atoms with Crippen LogP contribution in [0.1, 0.15) is 66.3 Å². The lowest BCUT2D eigenvalue weighted by Gasteiger charge is -2.70. The zero-order valence-corrected chi connectivity index (χ0v) is 18.5. The summed E-state index contributed by atoms with van der Waals surface area (Å²) in [4.78, 5) is 25.3. The molecule has 1 aromatic carbocycles. The highest BCUT2D eigenvalue weighted by Gasteiger charge is 2.68. The molecule has 1 amide bonds. The minimum Gasteiger partial charge on any atom is -0.484 e. The standard InChI is InChI=1S/C24H26ClFN2O3/c1-14-7-18(15(2)28(14)16-3-4-16)21(29)9-23-11-24(12-23,13-23)27-22(30)10-31-17-5-6-19(25)20(26)8-17/h5-8,16H,3-4,9-13H2,1-2H3,(H,27,30). The Morgan fingerprint density at radius 1 is 1.23 bits per heavy atom. The number of aromatic nitrogens is 1. The predicted molar refractivity (Wildman–Crippen MR) is 115 cm³/mol. The normalized spacial score (nSPS) is 26.1. The SMILES string of the molecule is Cc1cc(C(=O)CC23CC(NC(=O)COc4ccc(Cl)c(F)c4)(C2)C3)c(C)n1C1CC1. The van der Waals surface area contributed by atoms with Gasteiger partial charge in [0.1, 0.15) is 11.6 Å². The third-order valence-corrected chi connectivity index (χ3v) is 7.34. The lowest BCUT2D eigenvalue weighted by molar-refractivity contribution is -0.164. The Labute approximate surface area is 185 Å². The molecule has 0 unspecified atom stereocenters. The van der Waals surface area contributed by atoms with Crippen molar-refractivity contribution in [2.24, 2.45) is 5.41 Å². The van der Waals surface area contributed by atoms with Gasteiger partial charge in [0, 0.05) is 41.0 Å². The highest BCUT2D eigenvalue weighted by Crippen LogP contribution is 2.69. The fourth-order valence-corrected chi connectivity index (χ4v) is 5.87. The molecule has 0 atom stereocenters. The molecular weight excluding hydrogens is 419 g/mol. The lowest BCUT2D eigenvalue weighted by Crippen LogP contribution is -2.75. The maximum atomic E-state index is 13.5. The van der Waals surface area contributed by atoms with E-state index in [0.717, 1.165) is 36.6 Å². The van der Waals surface area contributed by atoms with Gasteiger partial charge in [0.05, 0.1) is 5.02 Å². The molecule has 4 aliphatic rings. The van der Waals surface area contributed by atoms with Crippen LogP contribution in [0.2, 0.25) is 5.02 Å². The number of nitrogens with zero attached hydrogens (tertiary/aromatic N) is 1. The van der Waals surface area contributed by atoms with Crippen molar-refractivity contribution in [1.29, 1.82) is 0 Å². The summed E-state index contributed by atoms with van der Waals surface area (Å²) in [6, 6.07) is 6.70. The van der Waals surface area contributed by atoms with Crippen LogP contribution in [0.4, 0.5) is 4.39 Å². The van der Waals surface area contributed by atoms with Crippen molar-refractivity contribution in [2.75, 3.05) is 6.61 Å². The highest BCUT2D eigenvalue weighted by atomic mass is 35.5. The summed E-state index contributed by atoms with van der Waals surface area (Å²) in [5, 5.41) is 3.06. The maximum absolute atomic E-state index is 13.5. The quantitative estimate of drug-likeness (QED) is 0.588. The number of rotatable bonds is 8. The van der Waals surface area contributed by atoms with E-state index in [4.69, 9.17) is 16.3 Å². The molecule has 0 radical (unpaired) electrons. The Bertz CT molecular complexity index is 1070. The second kappa shape index (κ2) is 7.09. The van der Waals surface area contributed by atoms with Crippen LogP contribution in [-0.2, 0) is 4.79 Å². The second-order valence-electron chi connectivity index (χ2n) is 9.71. The number of carbonyl (C=O) groups excluding carboxylic acids is 2. The van der Waals surface area contributed by atoms with Crippen LogP contribution in [0.3, 0.4) is 0 Å². The highest BCUT2D eigenvalue weighted by molar-refractivity contribution is 6.30. The van der Waals surface area contributed by atoms with Crippen molar-refractivity contribution in [2.45, 2.75) is 64.0 Å². The average molecular weight is 445 g/mol. The molecule has 7 heteroatoms. The molecule has 0 aliphatic heterocycles. The molecular formula is C24H26ClFN2O3. The van der Waals surface area contributed by atoms with Crippen molar-refractivity contribution in [3.63, 3.8) is 0 Å². The van der Waals surface area contributed by atoms with E-state index in [9.17, 15) is 14.0 Å². The van der Waals surface area contributed by atoms with Gasteiger partial charge in [0.25, 0.3) is 5.91 Å². The third kappa shape index (κ3) is 3.65. The molecule has 6 rings (SSSR count). The first-order valence-corrected chi connectivity index (χ1v) is 11.2. The number of ether oxygens (including phenoxy) is 1. The number of halogens is 2. The van der Waals surface area contributed by atoms with Crippen LogP contribution >= 0.6 is 11.6 Å². The maximum Gasteiger partial charge on any atom is 0.258 e. The van der Waals surface area contributed by atoms with Gasteiger partial charge >= 0.3 is 0 Å². The molecule has 1 aromatic heterocycles. The molecule has 0 saturated heterocycles. The van der Waals surface area contributed by atoms with Crippen LogP contribution < -0.4 is 10.1 Å². The minimum absolute atomic E-state index is 0.0139. The number of hydrogen-bond donors (Lipinski definition) is 1. The summed E-state index contributed by atoms with van der Waals surface area (Å²) < 4.78 is 21.1. The smallest absolute Gasteiger partial charge is 0.258 e. The zero-order chi connectivity index (χ0) is 22.0. The zero-order valence-electron chi connectivity index (χ0n) is 17.8. The number of nitrogens with one attached hydrogen (secondary N) is 1. The van der Waals surface area contributed by atoms with Gasteiger partial charge in [-0.3, -0.25) is 9.59 Å². The summed E-state index contributed by atoms with van der Waals surface area (Å²) in [6.07, 6.45) is 5.43. The van der Waals surface area contributed by atoms with Crippen LogP contribution in [0.5, 0.6) is 5.75 Å². The molecule has 4 saturated carbocycles. The molecule has 4 aliphatic carbocycles. The number of hydrogen-bond acceptors (Lipinski definition) is 3. The van der Waals surface area contributed by atoms with Crippen LogP contribution in [-0.4, -0.2) is 28.4 Å². The number of aryl methyl sites for hydroxylation is 1. The van der Waals surface area contributed by atoms with Gasteiger partial charge in [0.2, 0.25) is 0 Å². The monoisotopic (exact) mass is 444 g/mol. The number of amides is 1. The Hall–Kier alpha value is -2.34. The van der Waals surface area contributed by atoms with E-state index in [1.165, 1.54) is 30.7 Å². The molecule has 2 aromatic rings. The van der Waals surface area contributed by atoms with Crippen LogP contribution in [0, 0.1) is 25.1 Å². The summed E-state index contributed by atoms with van der Waals surface area (Å²) in [7, 11) is 0. The Kier molecular flexibility index (Phi) is 4.70. The third-order valence-electron chi connectivity index (χ3n) is 7.04. The average Bonchev–Trinajstić information content (AvgIpc) is 3.44. The Morgan fingerprint density at radius 2 is 1.94 bits per heavy atom. The molecule has 2 bridgehead atoms. The predicted octanol–water partition coefficient (Wildman–Crippen LogP) is 4.92. The first-order chi connectivity index (χ1) is 14.7. The first-order valence-electron chi connectivity index (χ1n) is 10.8. The van der Waals surface area contributed by atoms with Gasteiger partial charge in [-0.05, 0) is 69.6 Å². The van der Waals surface area contributed by atoms with E-state index >= 15 is 0 Å². The molecule has 1 heterocycles. The van der Waals surface area contributed by atoms with E-state index in [1.54, 1.807) is 0 Å². The molecule has 31 heavy (non-hydrogen) atoms. The molecule has 164 valence electrons. The van der Waals surface area contributed by atoms with Gasteiger partial charge in [-0.2, -0.15) is 0 Å². The minimum atomic E-state index is -0.580. The van der Waals surface area contributed by atoms with Crippen molar-refractivity contribution in [3.05, 3.63) is 52.1 Å². The van der Waals surface area contributed by atoms with Gasteiger partial charge in [-0.1, -0.05) is 11.6 Å². The summed E-state index contributed by atoms with van der Waals surface area (Å²) in [5.41, 5.74) is 2.93. The summed E-state index contributed by atoms with van der Waals surface area (Å²) >= 11 is 5.65. The van der Waals surface area contributed by atoms with Gasteiger partial charge < -0.3 is 14.6 Å². The molecule has 4 fully saturated rings. The van der Waals surface area contributed by atoms with E-state index in [-0.39, 0.29) is 40.0 Å². The van der Waals surface area contributed by atoms with E-state index in [1.807, 2.05) is 6.07 Å².